The third kappa shape index (κ3) is 4.44. The van der Waals surface area contributed by atoms with E-state index in [1.54, 1.807) is 47.1 Å². The van der Waals surface area contributed by atoms with Gasteiger partial charge in [0.15, 0.2) is 11.6 Å². The second kappa shape index (κ2) is 9.17. The molecular formula is C30H21F3N2O2. The molecule has 0 saturated carbocycles. The number of hydrogen-bond acceptors (Lipinski definition) is 3. The third-order valence-electron chi connectivity index (χ3n) is 6.36. The van der Waals surface area contributed by atoms with Gasteiger partial charge in [0.1, 0.15) is 5.82 Å². The van der Waals surface area contributed by atoms with Gasteiger partial charge in [-0.25, -0.2) is 4.98 Å². The van der Waals surface area contributed by atoms with Crippen molar-refractivity contribution in [1.82, 2.24) is 9.38 Å². The van der Waals surface area contributed by atoms with Gasteiger partial charge in [-0.1, -0.05) is 60.7 Å². The summed E-state index contributed by atoms with van der Waals surface area (Å²) in [6.45, 7) is 2.86. The minimum Gasteiger partial charge on any atom is -0.300 e. The van der Waals surface area contributed by atoms with Gasteiger partial charge in [-0.3, -0.25) is 14.0 Å². The number of carbonyl (C=O) groups is 2. The van der Waals surface area contributed by atoms with Crippen LogP contribution in [0, 0.1) is 0 Å². The highest BCUT2D eigenvalue weighted by Gasteiger charge is 2.36. The molecule has 0 aliphatic rings. The van der Waals surface area contributed by atoms with Gasteiger partial charge in [-0.15, -0.1) is 0 Å². The standard InChI is InChI=1S/C30H21F3N2O2/c1-18(36)20-6-10-22(11-7-20)25-14-15-26(30(31,32)33)27(23-12-8-21(9-13-23)19(2)37)28(25)29-34-17-24-5-3-4-16-35(24)29/h3-17H,1-2H3. The molecule has 0 radical (unpaired) electrons. The van der Waals surface area contributed by atoms with Crippen LogP contribution in [0.5, 0.6) is 0 Å². The zero-order chi connectivity index (χ0) is 26.3. The van der Waals surface area contributed by atoms with Crippen molar-refractivity contribution in [3.63, 3.8) is 0 Å². The Morgan fingerprint density at radius 3 is 1.89 bits per heavy atom. The Balaban J connectivity index is 1.89. The highest BCUT2D eigenvalue weighted by molar-refractivity contribution is 5.98. The van der Waals surface area contributed by atoms with Crippen molar-refractivity contribution in [2.24, 2.45) is 0 Å². The van der Waals surface area contributed by atoms with Crippen LogP contribution in [0.2, 0.25) is 0 Å². The second-order valence-corrected chi connectivity index (χ2v) is 8.75. The molecule has 0 saturated heterocycles. The van der Waals surface area contributed by atoms with Gasteiger partial charge in [-0.2, -0.15) is 13.2 Å². The zero-order valence-corrected chi connectivity index (χ0v) is 20.0. The molecule has 0 aliphatic heterocycles. The number of Topliss-reactive ketones (excluding diaryl/α,β-unsaturated/α-hetero) is 2. The summed E-state index contributed by atoms with van der Waals surface area (Å²) in [4.78, 5) is 28.2. The molecule has 0 bridgehead atoms. The van der Waals surface area contributed by atoms with E-state index in [-0.39, 0.29) is 17.1 Å². The molecule has 184 valence electrons. The maximum Gasteiger partial charge on any atom is 0.417 e. The molecule has 7 heteroatoms. The number of halogens is 3. The minimum absolute atomic E-state index is 0.0351. The van der Waals surface area contributed by atoms with Gasteiger partial charge in [0.2, 0.25) is 0 Å². The van der Waals surface area contributed by atoms with Crippen molar-refractivity contribution >= 4 is 17.1 Å². The first kappa shape index (κ1) is 24.2. The van der Waals surface area contributed by atoms with Crippen molar-refractivity contribution in [2.75, 3.05) is 0 Å². The fourth-order valence-electron chi connectivity index (χ4n) is 4.50. The van der Waals surface area contributed by atoms with Crippen LogP contribution in [-0.2, 0) is 6.18 Å². The van der Waals surface area contributed by atoms with Crippen molar-refractivity contribution in [3.8, 4) is 33.6 Å². The van der Waals surface area contributed by atoms with E-state index in [0.29, 0.717) is 39.2 Å². The van der Waals surface area contributed by atoms with Crippen LogP contribution >= 0.6 is 0 Å². The number of imidazole rings is 1. The van der Waals surface area contributed by atoms with Crippen LogP contribution in [0.25, 0.3) is 39.2 Å². The van der Waals surface area contributed by atoms with Gasteiger partial charge in [0.25, 0.3) is 0 Å². The first-order valence-electron chi connectivity index (χ1n) is 11.5. The lowest BCUT2D eigenvalue weighted by Crippen LogP contribution is -2.10. The largest absolute Gasteiger partial charge is 0.417 e. The van der Waals surface area contributed by atoms with E-state index in [9.17, 15) is 22.8 Å². The highest BCUT2D eigenvalue weighted by atomic mass is 19.4. The molecule has 4 nitrogen and oxygen atoms in total. The molecule has 0 spiro atoms. The SMILES string of the molecule is CC(=O)c1ccc(-c2ccc(C(F)(F)F)c(-c3ccc(C(C)=O)cc3)c2-c2ncc3ccccn23)cc1. The predicted octanol–water partition coefficient (Wildman–Crippen LogP) is 7.76. The normalized spacial score (nSPS) is 11.6. The molecule has 37 heavy (non-hydrogen) atoms. The molecule has 5 aromatic rings. The van der Waals surface area contributed by atoms with Crippen molar-refractivity contribution < 1.29 is 22.8 Å². The molecule has 2 aromatic heterocycles. The zero-order valence-electron chi connectivity index (χ0n) is 20.0. The lowest BCUT2D eigenvalue weighted by Gasteiger charge is -2.21. The number of aromatic nitrogens is 2. The number of pyridine rings is 1. The van der Waals surface area contributed by atoms with E-state index < -0.39 is 11.7 Å². The summed E-state index contributed by atoms with van der Waals surface area (Å²) in [6, 6.07) is 20.8. The number of rotatable bonds is 5. The van der Waals surface area contributed by atoms with Crippen LogP contribution in [-0.4, -0.2) is 21.0 Å². The fourth-order valence-corrected chi connectivity index (χ4v) is 4.50. The summed E-state index contributed by atoms with van der Waals surface area (Å²) in [5, 5.41) is 0. The maximum atomic E-state index is 14.4. The van der Waals surface area contributed by atoms with Gasteiger partial charge < -0.3 is 0 Å². The van der Waals surface area contributed by atoms with Crippen LogP contribution in [0.3, 0.4) is 0 Å². The average molecular weight is 499 g/mol. The van der Waals surface area contributed by atoms with Gasteiger partial charge >= 0.3 is 6.18 Å². The molecule has 2 heterocycles. The molecule has 0 atom stereocenters. The van der Waals surface area contributed by atoms with Crippen LogP contribution in [0.4, 0.5) is 13.2 Å². The van der Waals surface area contributed by atoms with E-state index in [2.05, 4.69) is 4.98 Å². The lowest BCUT2D eigenvalue weighted by atomic mass is 9.86. The lowest BCUT2D eigenvalue weighted by molar-refractivity contribution is -0.137. The average Bonchev–Trinajstić information content (AvgIpc) is 3.31. The number of fused-ring (bicyclic) bond motifs is 1. The molecule has 3 aromatic carbocycles. The number of benzene rings is 3. The summed E-state index contributed by atoms with van der Waals surface area (Å²) in [6.07, 6.45) is -1.28. The van der Waals surface area contributed by atoms with Crippen LogP contribution in [0.15, 0.2) is 91.3 Å². The molecule has 0 amide bonds. The fraction of sp³-hybridized carbons (Fsp3) is 0.100. The highest BCUT2D eigenvalue weighted by Crippen LogP contribution is 2.46. The first-order valence-corrected chi connectivity index (χ1v) is 11.5. The topological polar surface area (TPSA) is 51.4 Å². The number of hydrogen-bond donors (Lipinski definition) is 0. The number of ketones is 2. The van der Waals surface area contributed by atoms with Gasteiger partial charge in [-0.05, 0) is 48.7 Å². The maximum absolute atomic E-state index is 14.4. The Morgan fingerprint density at radius 2 is 1.32 bits per heavy atom. The van der Waals surface area contributed by atoms with E-state index in [4.69, 9.17) is 0 Å². The Hall–Kier alpha value is -4.52. The van der Waals surface area contributed by atoms with E-state index in [1.165, 1.54) is 44.2 Å². The summed E-state index contributed by atoms with van der Waals surface area (Å²) >= 11 is 0. The molecule has 0 fully saturated rings. The molecule has 0 aliphatic carbocycles. The predicted molar refractivity (Wildman–Crippen MR) is 137 cm³/mol. The van der Waals surface area contributed by atoms with Crippen molar-refractivity contribution in [3.05, 3.63) is 108 Å². The number of alkyl halides is 3. The Kier molecular flexibility index (Phi) is 5.99. The Labute approximate surface area is 211 Å². The molecular weight excluding hydrogens is 477 g/mol. The smallest absolute Gasteiger partial charge is 0.300 e. The Morgan fingerprint density at radius 1 is 0.730 bits per heavy atom. The summed E-state index contributed by atoms with van der Waals surface area (Å²) in [7, 11) is 0. The van der Waals surface area contributed by atoms with Gasteiger partial charge in [0, 0.05) is 28.5 Å². The van der Waals surface area contributed by atoms with Crippen molar-refractivity contribution in [1.29, 1.82) is 0 Å². The molecule has 5 rings (SSSR count). The van der Waals surface area contributed by atoms with Crippen LogP contribution in [0.1, 0.15) is 40.1 Å². The minimum atomic E-state index is -4.65. The molecule has 0 unspecified atom stereocenters. The molecule has 0 N–H and O–H groups in total. The number of nitrogens with zero attached hydrogens (tertiary/aromatic N) is 2. The first-order chi connectivity index (χ1) is 17.6. The second-order valence-electron chi connectivity index (χ2n) is 8.75. The van der Waals surface area contributed by atoms with E-state index in [0.717, 1.165) is 11.6 Å². The Bertz CT molecular complexity index is 1650. The van der Waals surface area contributed by atoms with E-state index in [1.807, 2.05) is 12.1 Å². The van der Waals surface area contributed by atoms with E-state index >= 15 is 0 Å². The van der Waals surface area contributed by atoms with Gasteiger partial charge in [0.05, 0.1) is 17.3 Å². The third-order valence-corrected chi connectivity index (χ3v) is 6.36. The quantitative estimate of drug-likeness (QED) is 0.233. The summed E-state index contributed by atoms with van der Waals surface area (Å²) < 4.78 is 45.0. The monoisotopic (exact) mass is 498 g/mol. The summed E-state index contributed by atoms with van der Waals surface area (Å²) in [5.41, 5.74) is 2.57. The number of carbonyl (C=O) groups excluding carboxylic acids is 2. The summed E-state index contributed by atoms with van der Waals surface area (Å²) in [5.74, 6) is 0.0593. The van der Waals surface area contributed by atoms with Crippen molar-refractivity contribution in [2.45, 2.75) is 20.0 Å². The van der Waals surface area contributed by atoms with Crippen LogP contribution < -0.4 is 0 Å².